The van der Waals surface area contributed by atoms with Gasteiger partial charge in [-0.2, -0.15) is 19.9 Å². The maximum Gasteiger partial charge on any atom is 0.320 e. The number of anilines is 2. The fourth-order valence-corrected chi connectivity index (χ4v) is 3.73. The predicted octanol–water partition coefficient (Wildman–Crippen LogP) is 1.16. The van der Waals surface area contributed by atoms with Gasteiger partial charge in [0.15, 0.2) is 28.4 Å². The number of benzene rings is 1. The molecule has 0 aliphatic heterocycles. The van der Waals surface area contributed by atoms with Gasteiger partial charge >= 0.3 is 18.0 Å². The molecule has 222 valence electrons. The predicted molar refractivity (Wildman–Crippen MR) is 152 cm³/mol. The highest BCUT2D eigenvalue weighted by Gasteiger charge is 2.13. The minimum atomic E-state index is -0.279. The van der Waals surface area contributed by atoms with Gasteiger partial charge in [0.1, 0.15) is 18.7 Å². The molecule has 0 bridgehead atoms. The third kappa shape index (κ3) is 7.76. The smallest absolute Gasteiger partial charge is 0.320 e. The van der Waals surface area contributed by atoms with Gasteiger partial charge in [-0.25, -0.2) is 9.97 Å². The molecular formula is C26H32N10O6. The standard InChI is InChI=1S/C18H21N5O4.C8H11N5O2/c1-25-6-7-27-18-21-16(19)15-17(22-18)23(11-20-15)10-13-5-3-4-12(8-13)9-14(24)26-2;1-14-2-3-15-8-12-6(9)5-7(13-8)11-4-10-5/h3-5,8,11H,6-7,9-10H2,1-2H3,(H2,19,21,22);4H,2-3H2,1H3,(H3,9,10,11,12,13). The van der Waals surface area contributed by atoms with Gasteiger partial charge in [-0.3, -0.25) is 4.79 Å². The number of H-pyrrole nitrogens is 1. The van der Waals surface area contributed by atoms with Crippen molar-refractivity contribution in [1.29, 1.82) is 0 Å². The number of nitrogen functional groups attached to an aromatic ring is 2. The van der Waals surface area contributed by atoms with Crippen molar-refractivity contribution >= 4 is 39.9 Å². The van der Waals surface area contributed by atoms with E-state index in [1.165, 1.54) is 13.4 Å². The molecule has 42 heavy (non-hydrogen) atoms. The fourth-order valence-electron chi connectivity index (χ4n) is 3.73. The molecule has 0 unspecified atom stereocenters. The van der Waals surface area contributed by atoms with E-state index in [1.807, 2.05) is 28.8 Å². The summed E-state index contributed by atoms with van der Waals surface area (Å²) in [7, 11) is 4.56. The summed E-state index contributed by atoms with van der Waals surface area (Å²) < 4.78 is 27.0. The lowest BCUT2D eigenvalue weighted by molar-refractivity contribution is -0.139. The van der Waals surface area contributed by atoms with E-state index >= 15 is 0 Å². The van der Waals surface area contributed by atoms with Crippen LogP contribution in [0.15, 0.2) is 36.9 Å². The Hall–Kier alpha value is -5.09. The highest BCUT2D eigenvalue weighted by atomic mass is 16.5. The summed E-state index contributed by atoms with van der Waals surface area (Å²) in [5.74, 6) is 0.300. The lowest BCUT2D eigenvalue weighted by Crippen LogP contribution is -2.09. The molecule has 16 nitrogen and oxygen atoms in total. The van der Waals surface area contributed by atoms with E-state index in [2.05, 4.69) is 34.9 Å². The Bertz CT molecular complexity index is 1620. The van der Waals surface area contributed by atoms with Crippen molar-refractivity contribution in [2.45, 2.75) is 13.0 Å². The van der Waals surface area contributed by atoms with E-state index in [9.17, 15) is 4.79 Å². The second-order valence-corrected chi connectivity index (χ2v) is 8.68. The molecule has 0 amide bonds. The zero-order chi connectivity index (χ0) is 29.9. The number of rotatable bonds is 12. The summed E-state index contributed by atoms with van der Waals surface area (Å²) in [5.41, 5.74) is 15.7. The zero-order valence-corrected chi connectivity index (χ0v) is 23.4. The van der Waals surface area contributed by atoms with Crippen LogP contribution in [0.2, 0.25) is 0 Å². The number of imidazole rings is 2. The van der Waals surface area contributed by atoms with Crippen molar-refractivity contribution < 1.29 is 28.5 Å². The zero-order valence-electron chi connectivity index (χ0n) is 23.4. The first-order valence-corrected chi connectivity index (χ1v) is 12.7. The first-order valence-electron chi connectivity index (χ1n) is 12.7. The van der Waals surface area contributed by atoms with Crippen LogP contribution < -0.4 is 20.9 Å². The monoisotopic (exact) mass is 580 g/mol. The molecule has 0 saturated heterocycles. The van der Waals surface area contributed by atoms with E-state index in [-0.39, 0.29) is 30.2 Å². The number of nitrogens with one attached hydrogen (secondary N) is 1. The molecule has 5 rings (SSSR count). The second kappa shape index (κ2) is 14.5. The van der Waals surface area contributed by atoms with Crippen molar-refractivity contribution in [2.24, 2.45) is 0 Å². The number of aromatic nitrogens is 8. The Morgan fingerprint density at radius 1 is 0.881 bits per heavy atom. The first-order chi connectivity index (χ1) is 20.4. The van der Waals surface area contributed by atoms with Crippen LogP contribution in [-0.4, -0.2) is 93.2 Å². The summed E-state index contributed by atoms with van der Waals surface area (Å²) in [5, 5.41) is 0. The van der Waals surface area contributed by atoms with Gasteiger partial charge in [-0.1, -0.05) is 24.3 Å². The molecular weight excluding hydrogens is 548 g/mol. The molecule has 1 aromatic carbocycles. The van der Waals surface area contributed by atoms with Crippen molar-refractivity contribution in [3.05, 3.63) is 48.0 Å². The molecule has 0 saturated carbocycles. The Balaban J connectivity index is 0.000000227. The number of nitrogens with two attached hydrogens (primary N) is 2. The van der Waals surface area contributed by atoms with E-state index in [0.29, 0.717) is 61.1 Å². The Morgan fingerprint density at radius 2 is 1.57 bits per heavy atom. The van der Waals surface area contributed by atoms with Gasteiger partial charge in [0, 0.05) is 14.2 Å². The normalized spacial score (nSPS) is 10.8. The third-order valence-corrected chi connectivity index (χ3v) is 5.72. The van der Waals surface area contributed by atoms with E-state index in [4.69, 9.17) is 35.2 Å². The number of carbonyl (C=O) groups excluding carboxylic acids is 1. The highest BCUT2D eigenvalue weighted by Crippen LogP contribution is 2.21. The Labute approximate surface area is 240 Å². The largest absolute Gasteiger partial charge is 0.469 e. The SMILES string of the molecule is COCCOc1nc(N)c2[nH]cnc2n1.COCCOc1nc(N)c2ncn(Cc3cccc(CC(=O)OC)c3)c2n1. The number of fused-ring (bicyclic) bond motifs is 2. The number of nitrogens with zero attached hydrogens (tertiary/aromatic N) is 7. The molecule has 0 aliphatic rings. The van der Waals surface area contributed by atoms with Crippen molar-refractivity contribution in [3.8, 4) is 12.0 Å². The third-order valence-electron chi connectivity index (χ3n) is 5.72. The van der Waals surface area contributed by atoms with Crippen molar-refractivity contribution in [1.82, 2.24) is 39.5 Å². The number of carbonyl (C=O) groups is 1. The van der Waals surface area contributed by atoms with Crippen LogP contribution in [0.1, 0.15) is 11.1 Å². The molecule has 0 aliphatic carbocycles. The quantitative estimate of drug-likeness (QED) is 0.139. The van der Waals surface area contributed by atoms with E-state index in [0.717, 1.165) is 11.1 Å². The first kappa shape index (κ1) is 29.9. The molecule has 16 heteroatoms. The number of aromatic amines is 1. The maximum absolute atomic E-state index is 11.5. The number of hydrogen-bond donors (Lipinski definition) is 3. The highest BCUT2D eigenvalue weighted by molar-refractivity contribution is 5.82. The van der Waals surface area contributed by atoms with Crippen LogP contribution in [0, 0.1) is 0 Å². The van der Waals surface area contributed by atoms with Gasteiger partial charge < -0.3 is 44.7 Å². The van der Waals surface area contributed by atoms with E-state index < -0.39 is 0 Å². The van der Waals surface area contributed by atoms with Crippen LogP contribution >= 0.6 is 0 Å². The maximum atomic E-state index is 11.5. The Kier molecular flexibility index (Phi) is 10.3. The van der Waals surface area contributed by atoms with Crippen LogP contribution in [0.4, 0.5) is 11.6 Å². The lowest BCUT2D eigenvalue weighted by Gasteiger charge is -2.08. The molecule has 5 N–H and O–H groups in total. The van der Waals surface area contributed by atoms with Crippen LogP contribution in [-0.2, 0) is 32.0 Å². The van der Waals surface area contributed by atoms with Gasteiger partial charge in [0.2, 0.25) is 0 Å². The summed E-state index contributed by atoms with van der Waals surface area (Å²) in [6.45, 7) is 2.12. The average Bonchev–Trinajstić information content (AvgIpc) is 3.62. The van der Waals surface area contributed by atoms with Crippen molar-refractivity contribution in [3.63, 3.8) is 0 Å². The minimum absolute atomic E-state index is 0.179. The fraction of sp³-hybridized carbons (Fsp3) is 0.346. The number of methoxy groups -OCH3 is 3. The molecule has 0 spiro atoms. The summed E-state index contributed by atoms with van der Waals surface area (Å²) >= 11 is 0. The van der Waals surface area contributed by atoms with Crippen LogP contribution in [0.5, 0.6) is 12.0 Å². The van der Waals surface area contributed by atoms with Gasteiger partial charge in [0.05, 0.1) is 45.9 Å². The average molecular weight is 581 g/mol. The van der Waals surface area contributed by atoms with Gasteiger partial charge in [0.25, 0.3) is 0 Å². The van der Waals surface area contributed by atoms with E-state index in [1.54, 1.807) is 20.5 Å². The molecule has 4 aromatic heterocycles. The summed E-state index contributed by atoms with van der Waals surface area (Å²) in [6, 6.07) is 8.09. The summed E-state index contributed by atoms with van der Waals surface area (Å²) in [6.07, 6.45) is 3.39. The molecule has 4 heterocycles. The van der Waals surface area contributed by atoms with Crippen LogP contribution in [0.25, 0.3) is 22.3 Å². The number of hydrogen-bond acceptors (Lipinski definition) is 14. The van der Waals surface area contributed by atoms with Gasteiger partial charge in [-0.05, 0) is 11.1 Å². The molecule has 0 fully saturated rings. The van der Waals surface area contributed by atoms with Gasteiger partial charge in [-0.15, -0.1) is 0 Å². The van der Waals surface area contributed by atoms with Crippen LogP contribution in [0.3, 0.4) is 0 Å². The molecule has 0 atom stereocenters. The Morgan fingerprint density at radius 3 is 2.29 bits per heavy atom. The topological polar surface area (TPSA) is 213 Å². The minimum Gasteiger partial charge on any atom is -0.469 e. The summed E-state index contributed by atoms with van der Waals surface area (Å²) in [4.78, 5) is 39.1. The number of ether oxygens (including phenoxy) is 5. The lowest BCUT2D eigenvalue weighted by atomic mass is 10.1. The second-order valence-electron chi connectivity index (χ2n) is 8.68. The van der Waals surface area contributed by atoms with Crippen molar-refractivity contribution in [2.75, 3.05) is 59.2 Å². The molecule has 5 aromatic rings. The molecule has 0 radical (unpaired) electrons. The number of esters is 1.